The smallest absolute Gasteiger partial charge is 0.0447 e. The van der Waals surface area contributed by atoms with E-state index in [-0.39, 0.29) is 0 Å². The summed E-state index contributed by atoms with van der Waals surface area (Å²) >= 11 is 0. The third-order valence-corrected chi connectivity index (χ3v) is 3.40. The Kier molecular flexibility index (Phi) is 1.66. The zero-order valence-corrected chi connectivity index (χ0v) is 8.53. The number of hydrogen-bond acceptors (Lipinski definition) is 1. The standard InChI is InChI=1S/C13H15N/c1-2-14-12-8-4-3-6-10(12)11-7-5-9-13(11)14/h3-4,6,8-9,11H,2,5,7H2,1H3. The second kappa shape index (κ2) is 2.88. The summed E-state index contributed by atoms with van der Waals surface area (Å²) in [6.07, 6.45) is 4.97. The number of nitrogens with zero attached hydrogens (tertiary/aromatic N) is 1. The first-order valence-electron chi connectivity index (χ1n) is 5.48. The molecular weight excluding hydrogens is 170 g/mol. The molecule has 14 heavy (non-hydrogen) atoms. The first-order valence-corrected chi connectivity index (χ1v) is 5.48. The summed E-state index contributed by atoms with van der Waals surface area (Å²) in [5, 5.41) is 0. The highest BCUT2D eigenvalue weighted by Crippen LogP contribution is 2.48. The molecule has 0 radical (unpaired) electrons. The number of allylic oxidation sites excluding steroid dienone is 2. The van der Waals surface area contributed by atoms with E-state index in [1.807, 2.05) is 0 Å². The SMILES string of the molecule is CCN1C2=CCCC2c2ccccc21. The summed E-state index contributed by atoms with van der Waals surface area (Å²) < 4.78 is 0. The lowest BCUT2D eigenvalue weighted by molar-refractivity contribution is 0.780. The van der Waals surface area contributed by atoms with Crippen LogP contribution in [0.4, 0.5) is 5.69 Å². The van der Waals surface area contributed by atoms with Gasteiger partial charge in [0, 0.05) is 23.8 Å². The third kappa shape index (κ3) is 0.899. The van der Waals surface area contributed by atoms with Crippen molar-refractivity contribution in [3.8, 4) is 0 Å². The lowest BCUT2D eigenvalue weighted by Gasteiger charge is -2.18. The zero-order chi connectivity index (χ0) is 9.54. The molecule has 2 aliphatic rings. The van der Waals surface area contributed by atoms with E-state index in [9.17, 15) is 0 Å². The molecule has 1 nitrogen and oxygen atoms in total. The summed E-state index contributed by atoms with van der Waals surface area (Å²) in [6.45, 7) is 3.33. The molecular formula is C13H15N. The Morgan fingerprint density at radius 1 is 1.36 bits per heavy atom. The van der Waals surface area contributed by atoms with Crippen LogP contribution < -0.4 is 4.90 Å². The van der Waals surface area contributed by atoms with E-state index in [2.05, 4.69) is 42.2 Å². The molecule has 0 aromatic heterocycles. The van der Waals surface area contributed by atoms with Gasteiger partial charge in [-0.2, -0.15) is 0 Å². The summed E-state index contributed by atoms with van der Waals surface area (Å²) in [5.74, 6) is 0.700. The Bertz CT molecular complexity index is 392. The molecule has 0 saturated carbocycles. The number of rotatable bonds is 1. The molecule has 0 bridgehead atoms. The Labute approximate surface area is 85.0 Å². The monoisotopic (exact) mass is 185 g/mol. The fourth-order valence-electron chi connectivity index (χ4n) is 2.82. The topological polar surface area (TPSA) is 3.24 Å². The van der Waals surface area contributed by atoms with Crippen LogP contribution in [-0.2, 0) is 0 Å². The minimum Gasteiger partial charge on any atom is -0.345 e. The van der Waals surface area contributed by atoms with Crippen LogP contribution in [0.25, 0.3) is 0 Å². The van der Waals surface area contributed by atoms with Gasteiger partial charge in [0.15, 0.2) is 0 Å². The van der Waals surface area contributed by atoms with Crippen LogP contribution in [0.5, 0.6) is 0 Å². The number of anilines is 1. The van der Waals surface area contributed by atoms with Crippen molar-refractivity contribution in [3.63, 3.8) is 0 Å². The number of para-hydroxylation sites is 1. The lowest BCUT2D eigenvalue weighted by Crippen LogP contribution is -2.17. The van der Waals surface area contributed by atoms with Crippen molar-refractivity contribution in [2.45, 2.75) is 25.7 Å². The minimum atomic E-state index is 0.700. The molecule has 1 heteroatoms. The van der Waals surface area contributed by atoms with Gasteiger partial charge < -0.3 is 4.90 Å². The van der Waals surface area contributed by atoms with E-state index >= 15 is 0 Å². The molecule has 1 atom stereocenters. The second-order valence-electron chi connectivity index (χ2n) is 4.06. The summed E-state index contributed by atoms with van der Waals surface area (Å²) in [5.41, 5.74) is 4.53. The first-order chi connectivity index (χ1) is 6.92. The van der Waals surface area contributed by atoms with Crippen LogP contribution in [-0.4, -0.2) is 6.54 Å². The first kappa shape index (κ1) is 8.10. The molecule has 0 saturated heterocycles. The van der Waals surface area contributed by atoms with E-state index in [4.69, 9.17) is 0 Å². The molecule has 1 aliphatic heterocycles. The van der Waals surface area contributed by atoms with Gasteiger partial charge in [0.25, 0.3) is 0 Å². The predicted molar refractivity (Wildman–Crippen MR) is 59.5 cm³/mol. The molecule has 1 heterocycles. The Hall–Kier alpha value is -1.24. The van der Waals surface area contributed by atoms with Crippen LogP contribution >= 0.6 is 0 Å². The van der Waals surface area contributed by atoms with Crippen LogP contribution in [0.3, 0.4) is 0 Å². The highest BCUT2D eigenvalue weighted by Gasteiger charge is 2.34. The summed E-state index contributed by atoms with van der Waals surface area (Å²) in [7, 11) is 0. The molecule has 0 spiro atoms. The molecule has 72 valence electrons. The second-order valence-corrected chi connectivity index (χ2v) is 4.06. The zero-order valence-electron chi connectivity index (χ0n) is 8.53. The highest BCUT2D eigenvalue weighted by atomic mass is 15.2. The minimum absolute atomic E-state index is 0.700. The van der Waals surface area contributed by atoms with Gasteiger partial charge in [0.05, 0.1) is 0 Å². The highest BCUT2D eigenvalue weighted by molar-refractivity contribution is 5.68. The van der Waals surface area contributed by atoms with Crippen LogP contribution in [0.1, 0.15) is 31.2 Å². The van der Waals surface area contributed by atoms with Gasteiger partial charge >= 0.3 is 0 Å². The quantitative estimate of drug-likeness (QED) is 0.649. The molecule has 3 rings (SSSR count). The number of hydrogen-bond donors (Lipinski definition) is 0. The molecule has 1 aromatic rings. The average molecular weight is 185 g/mol. The van der Waals surface area contributed by atoms with Crippen molar-refractivity contribution in [2.75, 3.05) is 11.4 Å². The Balaban J connectivity index is 2.16. The largest absolute Gasteiger partial charge is 0.345 e. The van der Waals surface area contributed by atoms with Crippen molar-refractivity contribution in [1.29, 1.82) is 0 Å². The van der Waals surface area contributed by atoms with E-state index in [1.54, 1.807) is 5.70 Å². The van der Waals surface area contributed by atoms with E-state index in [0.717, 1.165) is 6.54 Å². The molecule has 0 amide bonds. The van der Waals surface area contributed by atoms with Gasteiger partial charge in [0.2, 0.25) is 0 Å². The van der Waals surface area contributed by atoms with Crippen LogP contribution in [0.15, 0.2) is 36.0 Å². The van der Waals surface area contributed by atoms with Gasteiger partial charge in [0.1, 0.15) is 0 Å². The maximum absolute atomic E-state index is 2.47. The van der Waals surface area contributed by atoms with Gasteiger partial charge in [-0.05, 0) is 31.4 Å². The summed E-state index contributed by atoms with van der Waals surface area (Å²) in [6, 6.07) is 8.84. The van der Waals surface area contributed by atoms with Crippen molar-refractivity contribution in [3.05, 3.63) is 41.6 Å². The van der Waals surface area contributed by atoms with Gasteiger partial charge in [-0.3, -0.25) is 0 Å². The predicted octanol–water partition coefficient (Wildman–Crippen LogP) is 3.29. The van der Waals surface area contributed by atoms with Gasteiger partial charge in [-0.1, -0.05) is 24.3 Å². The Morgan fingerprint density at radius 3 is 3.07 bits per heavy atom. The van der Waals surface area contributed by atoms with Crippen molar-refractivity contribution >= 4 is 5.69 Å². The maximum Gasteiger partial charge on any atom is 0.0447 e. The fraction of sp³-hybridized carbons (Fsp3) is 0.385. The van der Waals surface area contributed by atoms with Crippen LogP contribution in [0.2, 0.25) is 0 Å². The maximum atomic E-state index is 2.47. The number of likely N-dealkylation sites (N-methyl/N-ethyl adjacent to an activating group) is 1. The summed E-state index contributed by atoms with van der Waals surface area (Å²) in [4.78, 5) is 2.47. The van der Waals surface area contributed by atoms with Crippen molar-refractivity contribution in [2.24, 2.45) is 0 Å². The lowest BCUT2D eigenvalue weighted by atomic mass is 9.99. The molecule has 1 aliphatic carbocycles. The normalized spacial score (nSPS) is 23.4. The molecule has 1 unspecified atom stereocenters. The molecule has 0 N–H and O–H groups in total. The van der Waals surface area contributed by atoms with Crippen LogP contribution in [0, 0.1) is 0 Å². The number of fused-ring (bicyclic) bond motifs is 3. The molecule has 0 fully saturated rings. The van der Waals surface area contributed by atoms with Crippen molar-refractivity contribution in [1.82, 2.24) is 0 Å². The number of benzene rings is 1. The fourth-order valence-corrected chi connectivity index (χ4v) is 2.82. The van der Waals surface area contributed by atoms with E-state index in [0.29, 0.717) is 5.92 Å². The van der Waals surface area contributed by atoms with Gasteiger partial charge in [-0.15, -0.1) is 0 Å². The Morgan fingerprint density at radius 2 is 2.21 bits per heavy atom. The average Bonchev–Trinajstić information content (AvgIpc) is 2.77. The van der Waals surface area contributed by atoms with E-state index < -0.39 is 0 Å². The van der Waals surface area contributed by atoms with Gasteiger partial charge in [-0.25, -0.2) is 0 Å². The van der Waals surface area contributed by atoms with Crippen molar-refractivity contribution < 1.29 is 0 Å². The van der Waals surface area contributed by atoms with E-state index in [1.165, 1.54) is 24.1 Å². The molecule has 1 aromatic carbocycles. The third-order valence-electron chi connectivity index (χ3n) is 3.40.